The van der Waals surface area contributed by atoms with Crippen LogP contribution in [0.5, 0.6) is 0 Å². The topological polar surface area (TPSA) is 52.0 Å². The van der Waals surface area contributed by atoms with Gasteiger partial charge >= 0.3 is 0 Å². The van der Waals surface area contributed by atoms with Crippen molar-refractivity contribution in [3.05, 3.63) is 34.9 Å². The van der Waals surface area contributed by atoms with Gasteiger partial charge in [0.2, 0.25) is 0 Å². The summed E-state index contributed by atoms with van der Waals surface area (Å²) in [6.45, 7) is 6.95. The molecule has 1 unspecified atom stereocenters. The zero-order chi connectivity index (χ0) is 10.7. The normalized spacial score (nSPS) is 13.3. The Labute approximate surface area is 86.3 Å². The molecular formula is C12H20N2. The van der Waals surface area contributed by atoms with Crippen LogP contribution in [0.15, 0.2) is 18.2 Å². The van der Waals surface area contributed by atoms with Gasteiger partial charge in [-0.25, -0.2) is 0 Å². The fourth-order valence-electron chi connectivity index (χ4n) is 1.54. The van der Waals surface area contributed by atoms with Crippen molar-refractivity contribution < 1.29 is 0 Å². The first-order valence-corrected chi connectivity index (χ1v) is 5.12. The van der Waals surface area contributed by atoms with E-state index in [-0.39, 0.29) is 6.04 Å². The molecule has 0 amide bonds. The Morgan fingerprint density at radius 3 is 2.43 bits per heavy atom. The Bertz CT molecular complexity index is 305. The molecule has 0 saturated heterocycles. The summed E-state index contributed by atoms with van der Waals surface area (Å²) in [5, 5.41) is 0. The second-order valence-electron chi connectivity index (χ2n) is 4.11. The van der Waals surface area contributed by atoms with Crippen molar-refractivity contribution in [3.63, 3.8) is 0 Å². The van der Waals surface area contributed by atoms with Gasteiger partial charge in [0, 0.05) is 12.6 Å². The maximum atomic E-state index is 5.94. The molecule has 1 aromatic rings. The summed E-state index contributed by atoms with van der Waals surface area (Å²) in [6.07, 6.45) is 0. The first-order chi connectivity index (χ1) is 6.56. The van der Waals surface area contributed by atoms with Crippen LogP contribution in [0.3, 0.4) is 0 Å². The molecule has 0 saturated carbocycles. The molecular weight excluding hydrogens is 172 g/mol. The van der Waals surface area contributed by atoms with Gasteiger partial charge in [0.05, 0.1) is 0 Å². The molecule has 1 atom stereocenters. The fourth-order valence-corrected chi connectivity index (χ4v) is 1.54. The van der Waals surface area contributed by atoms with Crippen LogP contribution in [-0.2, 0) is 0 Å². The monoisotopic (exact) mass is 192 g/mol. The Kier molecular flexibility index (Phi) is 3.67. The van der Waals surface area contributed by atoms with E-state index in [1.54, 1.807) is 0 Å². The predicted octanol–water partition coefficient (Wildman–Crippen LogP) is 2.08. The lowest BCUT2D eigenvalue weighted by Crippen LogP contribution is -2.21. The number of nitrogens with two attached hydrogens (primary N) is 2. The van der Waals surface area contributed by atoms with Crippen LogP contribution in [0.1, 0.15) is 42.5 Å². The van der Waals surface area contributed by atoms with E-state index in [0.29, 0.717) is 12.5 Å². The van der Waals surface area contributed by atoms with Crippen molar-refractivity contribution in [3.8, 4) is 0 Å². The second-order valence-corrected chi connectivity index (χ2v) is 4.11. The van der Waals surface area contributed by atoms with Crippen LogP contribution in [-0.4, -0.2) is 6.54 Å². The highest BCUT2D eigenvalue weighted by molar-refractivity contribution is 5.34. The molecule has 1 rings (SSSR count). The quantitative estimate of drug-likeness (QED) is 0.770. The standard InChI is InChI=1S/C12H20N2/c1-8(2)10-5-4-9(3)11(6-10)12(14)7-13/h4-6,8,12H,7,13-14H2,1-3H3. The minimum Gasteiger partial charge on any atom is -0.329 e. The molecule has 0 aliphatic carbocycles. The second kappa shape index (κ2) is 4.58. The summed E-state index contributed by atoms with van der Waals surface area (Å²) in [6, 6.07) is 6.43. The van der Waals surface area contributed by atoms with Crippen LogP contribution >= 0.6 is 0 Å². The van der Waals surface area contributed by atoms with E-state index >= 15 is 0 Å². The SMILES string of the molecule is Cc1ccc(C(C)C)cc1C(N)CN. The molecule has 2 nitrogen and oxygen atoms in total. The molecule has 14 heavy (non-hydrogen) atoms. The maximum Gasteiger partial charge on any atom is 0.0422 e. The molecule has 2 heteroatoms. The van der Waals surface area contributed by atoms with Crippen LogP contribution < -0.4 is 11.5 Å². The van der Waals surface area contributed by atoms with Gasteiger partial charge in [-0.2, -0.15) is 0 Å². The summed E-state index contributed by atoms with van der Waals surface area (Å²) < 4.78 is 0. The fraction of sp³-hybridized carbons (Fsp3) is 0.500. The first-order valence-electron chi connectivity index (χ1n) is 5.12. The Morgan fingerprint density at radius 2 is 1.93 bits per heavy atom. The van der Waals surface area contributed by atoms with E-state index in [1.165, 1.54) is 16.7 Å². The zero-order valence-corrected chi connectivity index (χ0v) is 9.25. The van der Waals surface area contributed by atoms with Gasteiger partial charge in [-0.1, -0.05) is 32.0 Å². The number of hydrogen-bond acceptors (Lipinski definition) is 2. The minimum absolute atomic E-state index is 0.0336. The van der Waals surface area contributed by atoms with Crippen molar-refractivity contribution in [1.29, 1.82) is 0 Å². The highest BCUT2D eigenvalue weighted by Crippen LogP contribution is 2.21. The van der Waals surface area contributed by atoms with Gasteiger partial charge in [0.1, 0.15) is 0 Å². The van der Waals surface area contributed by atoms with E-state index in [0.717, 1.165) is 0 Å². The summed E-state index contributed by atoms with van der Waals surface area (Å²) >= 11 is 0. The number of aryl methyl sites for hydroxylation is 1. The van der Waals surface area contributed by atoms with Crippen LogP contribution in [0.2, 0.25) is 0 Å². The van der Waals surface area contributed by atoms with Crippen LogP contribution in [0.25, 0.3) is 0 Å². The predicted molar refractivity (Wildman–Crippen MR) is 61.3 cm³/mol. The lowest BCUT2D eigenvalue weighted by molar-refractivity contribution is 0.727. The van der Waals surface area contributed by atoms with E-state index < -0.39 is 0 Å². The van der Waals surface area contributed by atoms with E-state index in [2.05, 4.69) is 39.0 Å². The molecule has 0 radical (unpaired) electrons. The van der Waals surface area contributed by atoms with Gasteiger partial charge in [-0.05, 0) is 29.5 Å². The third-order valence-corrected chi connectivity index (χ3v) is 2.62. The van der Waals surface area contributed by atoms with Crippen LogP contribution in [0.4, 0.5) is 0 Å². The highest BCUT2D eigenvalue weighted by Gasteiger charge is 2.09. The summed E-state index contributed by atoms with van der Waals surface area (Å²) in [7, 11) is 0. The molecule has 0 aliphatic rings. The Morgan fingerprint density at radius 1 is 1.29 bits per heavy atom. The van der Waals surface area contributed by atoms with E-state index in [1.807, 2.05) is 0 Å². The minimum atomic E-state index is -0.0336. The van der Waals surface area contributed by atoms with Gasteiger partial charge in [0.25, 0.3) is 0 Å². The van der Waals surface area contributed by atoms with Crippen molar-refractivity contribution >= 4 is 0 Å². The van der Waals surface area contributed by atoms with Gasteiger partial charge < -0.3 is 11.5 Å². The van der Waals surface area contributed by atoms with Crippen molar-refractivity contribution in [1.82, 2.24) is 0 Å². The molecule has 4 N–H and O–H groups in total. The van der Waals surface area contributed by atoms with Crippen molar-refractivity contribution in [2.75, 3.05) is 6.54 Å². The molecule has 1 aromatic carbocycles. The molecule has 78 valence electrons. The summed E-state index contributed by atoms with van der Waals surface area (Å²) in [4.78, 5) is 0. The number of rotatable bonds is 3. The summed E-state index contributed by atoms with van der Waals surface area (Å²) in [5.41, 5.74) is 15.2. The molecule has 0 aromatic heterocycles. The molecule has 0 heterocycles. The van der Waals surface area contributed by atoms with Gasteiger partial charge in [-0.3, -0.25) is 0 Å². The third kappa shape index (κ3) is 2.34. The van der Waals surface area contributed by atoms with Gasteiger partial charge in [-0.15, -0.1) is 0 Å². The average molecular weight is 192 g/mol. The maximum absolute atomic E-state index is 5.94. The number of hydrogen-bond donors (Lipinski definition) is 2. The van der Waals surface area contributed by atoms with E-state index in [4.69, 9.17) is 11.5 Å². The lowest BCUT2D eigenvalue weighted by atomic mass is 9.94. The van der Waals surface area contributed by atoms with Crippen molar-refractivity contribution in [2.24, 2.45) is 11.5 Å². The number of benzene rings is 1. The molecule has 0 aliphatic heterocycles. The first kappa shape index (κ1) is 11.2. The molecule has 0 spiro atoms. The lowest BCUT2D eigenvalue weighted by Gasteiger charge is -2.15. The highest BCUT2D eigenvalue weighted by atomic mass is 14.7. The van der Waals surface area contributed by atoms with E-state index in [9.17, 15) is 0 Å². The Balaban J connectivity index is 3.08. The average Bonchev–Trinajstić information content (AvgIpc) is 2.17. The van der Waals surface area contributed by atoms with Gasteiger partial charge in [0.15, 0.2) is 0 Å². The largest absolute Gasteiger partial charge is 0.329 e. The van der Waals surface area contributed by atoms with Crippen molar-refractivity contribution in [2.45, 2.75) is 32.7 Å². The Hall–Kier alpha value is -0.860. The molecule has 0 fully saturated rings. The molecule has 0 bridgehead atoms. The smallest absolute Gasteiger partial charge is 0.0422 e. The third-order valence-electron chi connectivity index (χ3n) is 2.62. The van der Waals surface area contributed by atoms with Crippen LogP contribution in [0, 0.1) is 6.92 Å². The zero-order valence-electron chi connectivity index (χ0n) is 9.25. The summed E-state index contributed by atoms with van der Waals surface area (Å²) in [5.74, 6) is 0.541.